The lowest BCUT2D eigenvalue weighted by Crippen LogP contribution is -2.23. The lowest BCUT2D eigenvalue weighted by Gasteiger charge is -2.07. The summed E-state index contributed by atoms with van der Waals surface area (Å²) in [5, 5.41) is 6.57. The van der Waals surface area contributed by atoms with E-state index in [-0.39, 0.29) is 18.5 Å². The van der Waals surface area contributed by atoms with Gasteiger partial charge in [0.05, 0.1) is 0 Å². The lowest BCUT2D eigenvalue weighted by atomic mass is 10.0. The van der Waals surface area contributed by atoms with E-state index >= 15 is 0 Å². The van der Waals surface area contributed by atoms with Crippen LogP contribution in [0.4, 0.5) is 0 Å². The number of aromatic nitrogens is 2. The van der Waals surface area contributed by atoms with Crippen LogP contribution in [0.1, 0.15) is 41.5 Å². The molecule has 1 aliphatic rings. The van der Waals surface area contributed by atoms with Crippen molar-refractivity contribution in [1.82, 2.24) is 15.5 Å². The SMILES string of the molecule is CC(C)c1ccc(CNC(=O)c2noc(-c3ccc4c(c3)OCO4)n2)cc1. The Bertz CT molecular complexity index is 964. The molecule has 0 atom stereocenters. The summed E-state index contributed by atoms with van der Waals surface area (Å²) >= 11 is 0. The highest BCUT2D eigenvalue weighted by molar-refractivity contribution is 5.90. The van der Waals surface area contributed by atoms with Crippen molar-refractivity contribution < 1.29 is 18.8 Å². The number of hydrogen-bond donors (Lipinski definition) is 1. The van der Waals surface area contributed by atoms with E-state index in [2.05, 4.69) is 41.4 Å². The van der Waals surface area contributed by atoms with Crippen molar-refractivity contribution in [3.05, 3.63) is 59.4 Å². The predicted molar refractivity (Wildman–Crippen MR) is 97.6 cm³/mol. The first-order valence-electron chi connectivity index (χ1n) is 8.71. The van der Waals surface area contributed by atoms with E-state index in [9.17, 15) is 4.79 Å². The zero-order chi connectivity index (χ0) is 18.8. The minimum Gasteiger partial charge on any atom is -0.454 e. The third-order valence-corrected chi connectivity index (χ3v) is 4.35. The van der Waals surface area contributed by atoms with Crippen molar-refractivity contribution in [2.24, 2.45) is 0 Å². The van der Waals surface area contributed by atoms with E-state index in [4.69, 9.17) is 14.0 Å². The summed E-state index contributed by atoms with van der Waals surface area (Å²) in [5.41, 5.74) is 2.93. The maximum absolute atomic E-state index is 12.3. The Morgan fingerprint density at radius 2 is 1.89 bits per heavy atom. The van der Waals surface area contributed by atoms with Crippen LogP contribution in [0, 0.1) is 0 Å². The Balaban J connectivity index is 1.41. The highest BCUT2D eigenvalue weighted by Gasteiger charge is 2.19. The minimum atomic E-state index is -0.390. The molecule has 0 unspecified atom stereocenters. The van der Waals surface area contributed by atoms with Gasteiger partial charge in [-0.2, -0.15) is 4.98 Å². The summed E-state index contributed by atoms with van der Waals surface area (Å²) in [4.78, 5) is 16.5. The Morgan fingerprint density at radius 3 is 2.67 bits per heavy atom. The predicted octanol–water partition coefficient (Wildman–Crippen LogP) is 3.52. The highest BCUT2D eigenvalue weighted by atomic mass is 16.7. The minimum absolute atomic E-state index is 0.0125. The molecular formula is C20H19N3O4. The first kappa shape index (κ1) is 17.1. The molecule has 0 spiro atoms. The second kappa shape index (κ2) is 7.11. The molecule has 0 radical (unpaired) electrons. The highest BCUT2D eigenvalue weighted by Crippen LogP contribution is 2.35. The van der Waals surface area contributed by atoms with Gasteiger partial charge in [-0.05, 0) is 35.2 Å². The van der Waals surface area contributed by atoms with Gasteiger partial charge in [0, 0.05) is 12.1 Å². The number of rotatable bonds is 5. The van der Waals surface area contributed by atoms with Gasteiger partial charge < -0.3 is 19.3 Å². The summed E-state index contributed by atoms with van der Waals surface area (Å²) < 4.78 is 15.8. The van der Waals surface area contributed by atoms with Crippen LogP contribution < -0.4 is 14.8 Å². The van der Waals surface area contributed by atoms with Crippen LogP contribution in [0.15, 0.2) is 47.0 Å². The van der Waals surface area contributed by atoms with Gasteiger partial charge in [-0.3, -0.25) is 4.79 Å². The molecule has 7 heteroatoms. The molecule has 1 N–H and O–H groups in total. The molecule has 7 nitrogen and oxygen atoms in total. The van der Waals surface area contributed by atoms with Crippen molar-refractivity contribution in [3.8, 4) is 23.0 Å². The molecule has 27 heavy (non-hydrogen) atoms. The van der Waals surface area contributed by atoms with E-state index in [1.165, 1.54) is 5.56 Å². The number of nitrogens with zero attached hydrogens (tertiary/aromatic N) is 2. The van der Waals surface area contributed by atoms with Crippen LogP contribution in [0.3, 0.4) is 0 Å². The Kier molecular flexibility index (Phi) is 4.50. The third kappa shape index (κ3) is 3.62. The molecule has 1 aliphatic heterocycles. The fourth-order valence-corrected chi connectivity index (χ4v) is 2.74. The van der Waals surface area contributed by atoms with Crippen LogP contribution in [0.25, 0.3) is 11.5 Å². The number of nitrogens with one attached hydrogen (secondary N) is 1. The van der Waals surface area contributed by atoms with E-state index in [0.29, 0.717) is 29.5 Å². The van der Waals surface area contributed by atoms with Crippen molar-refractivity contribution in [3.63, 3.8) is 0 Å². The third-order valence-electron chi connectivity index (χ3n) is 4.35. The smallest absolute Gasteiger partial charge is 0.292 e. The molecule has 2 aromatic carbocycles. The monoisotopic (exact) mass is 365 g/mol. The van der Waals surface area contributed by atoms with Crippen molar-refractivity contribution in [2.45, 2.75) is 26.3 Å². The van der Waals surface area contributed by atoms with Crippen LogP contribution in [-0.4, -0.2) is 22.8 Å². The Hall–Kier alpha value is -3.35. The standard InChI is InChI=1S/C20H19N3O4/c1-12(2)14-5-3-13(4-6-14)10-21-19(24)18-22-20(27-23-18)15-7-8-16-17(9-15)26-11-25-16/h3-9,12H,10-11H2,1-2H3,(H,21,24). The summed E-state index contributed by atoms with van der Waals surface area (Å²) in [7, 11) is 0. The normalized spacial score (nSPS) is 12.4. The van der Waals surface area contributed by atoms with Crippen LogP contribution in [0.2, 0.25) is 0 Å². The fraction of sp³-hybridized carbons (Fsp3) is 0.250. The number of hydrogen-bond acceptors (Lipinski definition) is 6. The fourth-order valence-electron chi connectivity index (χ4n) is 2.74. The molecule has 1 aromatic heterocycles. The van der Waals surface area contributed by atoms with Crippen LogP contribution >= 0.6 is 0 Å². The van der Waals surface area contributed by atoms with Gasteiger partial charge in [0.1, 0.15) is 0 Å². The van der Waals surface area contributed by atoms with E-state index in [1.54, 1.807) is 18.2 Å². The van der Waals surface area contributed by atoms with Gasteiger partial charge in [0.25, 0.3) is 17.6 Å². The van der Waals surface area contributed by atoms with Gasteiger partial charge in [-0.25, -0.2) is 0 Å². The molecule has 4 rings (SSSR count). The second-order valence-electron chi connectivity index (χ2n) is 6.57. The first-order valence-corrected chi connectivity index (χ1v) is 8.71. The summed E-state index contributed by atoms with van der Waals surface area (Å²) in [6.07, 6.45) is 0. The number of ether oxygens (including phenoxy) is 2. The molecule has 2 heterocycles. The number of amides is 1. The van der Waals surface area contributed by atoms with Gasteiger partial charge in [0.15, 0.2) is 11.5 Å². The van der Waals surface area contributed by atoms with Crippen molar-refractivity contribution in [1.29, 1.82) is 0 Å². The topological polar surface area (TPSA) is 86.5 Å². The Morgan fingerprint density at radius 1 is 1.11 bits per heavy atom. The Labute approximate surface area is 156 Å². The molecule has 0 saturated carbocycles. The zero-order valence-corrected chi connectivity index (χ0v) is 15.1. The first-order chi connectivity index (χ1) is 13.1. The van der Waals surface area contributed by atoms with Gasteiger partial charge in [-0.1, -0.05) is 43.3 Å². The summed E-state index contributed by atoms with van der Waals surface area (Å²) in [6, 6.07) is 13.4. The quantitative estimate of drug-likeness (QED) is 0.744. The average Bonchev–Trinajstić information content (AvgIpc) is 3.35. The molecule has 0 bridgehead atoms. The van der Waals surface area contributed by atoms with E-state index in [0.717, 1.165) is 5.56 Å². The second-order valence-corrected chi connectivity index (χ2v) is 6.57. The van der Waals surface area contributed by atoms with Crippen LogP contribution in [-0.2, 0) is 6.54 Å². The average molecular weight is 365 g/mol. The molecule has 0 aliphatic carbocycles. The maximum atomic E-state index is 12.3. The number of fused-ring (bicyclic) bond motifs is 1. The molecular weight excluding hydrogens is 346 g/mol. The largest absolute Gasteiger partial charge is 0.454 e. The van der Waals surface area contributed by atoms with E-state index in [1.807, 2.05) is 12.1 Å². The van der Waals surface area contributed by atoms with Gasteiger partial charge in [-0.15, -0.1) is 0 Å². The summed E-state index contributed by atoms with van der Waals surface area (Å²) in [5.74, 6) is 1.60. The van der Waals surface area contributed by atoms with Crippen molar-refractivity contribution >= 4 is 5.91 Å². The lowest BCUT2D eigenvalue weighted by molar-refractivity contribution is 0.0937. The molecule has 1 amide bonds. The van der Waals surface area contributed by atoms with E-state index < -0.39 is 5.91 Å². The molecule has 0 fully saturated rings. The molecule has 138 valence electrons. The number of carbonyl (C=O) groups excluding carboxylic acids is 1. The van der Waals surface area contributed by atoms with Crippen molar-refractivity contribution in [2.75, 3.05) is 6.79 Å². The summed E-state index contributed by atoms with van der Waals surface area (Å²) in [6.45, 7) is 4.87. The van der Waals surface area contributed by atoms with Crippen LogP contribution in [0.5, 0.6) is 11.5 Å². The number of carbonyl (C=O) groups is 1. The maximum Gasteiger partial charge on any atom is 0.292 e. The molecule has 0 saturated heterocycles. The van der Waals surface area contributed by atoms with Gasteiger partial charge >= 0.3 is 0 Å². The zero-order valence-electron chi connectivity index (χ0n) is 15.1. The van der Waals surface area contributed by atoms with Gasteiger partial charge in [0.2, 0.25) is 6.79 Å². The number of benzene rings is 2. The molecule has 3 aromatic rings.